The number of nitrogens with zero attached hydrogens (tertiary/aromatic N) is 5. The third-order valence-electron chi connectivity index (χ3n) is 6.84. The lowest BCUT2D eigenvalue weighted by Gasteiger charge is -2.31. The highest BCUT2D eigenvalue weighted by Crippen LogP contribution is 2.33. The first-order valence-corrected chi connectivity index (χ1v) is 11.7. The molecule has 2 saturated heterocycles. The van der Waals surface area contributed by atoms with E-state index in [0.717, 1.165) is 44.2 Å². The summed E-state index contributed by atoms with van der Waals surface area (Å²) < 4.78 is 2.08. The molecule has 0 saturated carbocycles. The zero-order chi connectivity index (χ0) is 22.0. The van der Waals surface area contributed by atoms with Crippen LogP contribution in [0.5, 0.6) is 0 Å². The van der Waals surface area contributed by atoms with Crippen molar-refractivity contribution in [2.75, 3.05) is 29.9 Å². The number of aryl methyl sites for hydroxylation is 1. The summed E-state index contributed by atoms with van der Waals surface area (Å²) in [5.41, 5.74) is 3.39. The summed E-state index contributed by atoms with van der Waals surface area (Å²) >= 11 is 0. The smallest absolute Gasteiger partial charge is 0.226 e. The van der Waals surface area contributed by atoms with Crippen LogP contribution in [0.15, 0.2) is 24.5 Å². The van der Waals surface area contributed by atoms with Gasteiger partial charge in [-0.05, 0) is 44.7 Å². The molecule has 7 heteroatoms. The summed E-state index contributed by atoms with van der Waals surface area (Å²) in [6, 6.07) is 4.54. The van der Waals surface area contributed by atoms with Crippen molar-refractivity contribution in [2.45, 2.75) is 66.1 Å². The molecule has 0 unspecified atom stereocenters. The number of pyridine rings is 1. The van der Waals surface area contributed by atoms with Crippen LogP contribution in [0.1, 0.15) is 51.3 Å². The van der Waals surface area contributed by atoms with Crippen LogP contribution in [0, 0.1) is 18.8 Å². The molecule has 0 spiro atoms. The number of hydrogen-bond donors (Lipinski definition) is 1. The molecular formula is C24H36N6O. The van der Waals surface area contributed by atoms with E-state index >= 15 is 0 Å². The fourth-order valence-electron chi connectivity index (χ4n) is 4.96. The summed E-state index contributed by atoms with van der Waals surface area (Å²) in [4.78, 5) is 21.8. The fourth-order valence-corrected chi connectivity index (χ4v) is 4.96. The highest BCUT2D eigenvalue weighted by Gasteiger charge is 2.38. The quantitative estimate of drug-likeness (QED) is 0.766. The van der Waals surface area contributed by atoms with Gasteiger partial charge in [0.05, 0.1) is 18.1 Å². The number of carbonyl (C=O) groups excluding carboxylic acids is 1. The van der Waals surface area contributed by atoms with Gasteiger partial charge in [0, 0.05) is 55.9 Å². The number of likely N-dealkylation sites (tertiary alicyclic amines) is 1. The van der Waals surface area contributed by atoms with E-state index < -0.39 is 0 Å². The van der Waals surface area contributed by atoms with Crippen LogP contribution < -0.4 is 10.2 Å². The molecule has 168 valence electrons. The third-order valence-corrected chi connectivity index (χ3v) is 6.84. The van der Waals surface area contributed by atoms with E-state index in [-0.39, 0.29) is 11.8 Å². The SMILES string of the molecule is CCn1ncc(CN2C[C@H]3CCCCN(c4ccc(NC(=O)C(C)C)cn4)[C@H]3C2)c1C. The predicted octanol–water partition coefficient (Wildman–Crippen LogP) is 3.69. The van der Waals surface area contributed by atoms with Crippen LogP contribution in [-0.4, -0.2) is 51.2 Å². The van der Waals surface area contributed by atoms with Crippen LogP contribution in [0.2, 0.25) is 0 Å². The summed E-state index contributed by atoms with van der Waals surface area (Å²) in [5, 5.41) is 7.46. The molecular weight excluding hydrogens is 388 g/mol. The second-order valence-electron chi connectivity index (χ2n) is 9.33. The Bertz CT molecular complexity index is 890. The van der Waals surface area contributed by atoms with E-state index in [0.29, 0.717) is 12.0 Å². The molecule has 4 rings (SSSR count). The minimum atomic E-state index is -0.0383. The van der Waals surface area contributed by atoms with Gasteiger partial charge < -0.3 is 10.2 Å². The number of amides is 1. The number of aromatic nitrogens is 3. The second kappa shape index (κ2) is 9.39. The van der Waals surface area contributed by atoms with Crippen LogP contribution in [0.25, 0.3) is 0 Å². The highest BCUT2D eigenvalue weighted by molar-refractivity contribution is 5.91. The summed E-state index contributed by atoms with van der Waals surface area (Å²) in [6.07, 6.45) is 7.61. The monoisotopic (exact) mass is 424 g/mol. The molecule has 2 aliphatic rings. The molecule has 2 aromatic heterocycles. The summed E-state index contributed by atoms with van der Waals surface area (Å²) in [5.74, 6) is 1.68. The number of rotatable bonds is 6. The van der Waals surface area contributed by atoms with Gasteiger partial charge in [-0.1, -0.05) is 20.3 Å². The zero-order valence-electron chi connectivity index (χ0n) is 19.3. The van der Waals surface area contributed by atoms with E-state index in [1.54, 1.807) is 6.20 Å². The van der Waals surface area contributed by atoms with Crippen molar-refractivity contribution in [3.05, 3.63) is 35.8 Å². The van der Waals surface area contributed by atoms with Gasteiger partial charge in [-0.2, -0.15) is 5.10 Å². The lowest BCUT2D eigenvalue weighted by molar-refractivity contribution is -0.118. The van der Waals surface area contributed by atoms with Gasteiger partial charge in [-0.3, -0.25) is 14.4 Å². The van der Waals surface area contributed by atoms with Crippen molar-refractivity contribution in [3.8, 4) is 0 Å². The lowest BCUT2D eigenvalue weighted by atomic mass is 9.98. The summed E-state index contributed by atoms with van der Waals surface area (Å²) in [6.45, 7) is 13.3. The van der Waals surface area contributed by atoms with Gasteiger partial charge in [0.2, 0.25) is 5.91 Å². The Hall–Kier alpha value is -2.41. The second-order valence-corrected chi connectivity index (χ2v) is 9.33. The standard InChI is InChI=1S/C24H36N6O/c1-5-30-18(4)20(12-26-30)15-28-14-19-8-6-7-11-29(22(19)16-28)23-10-9-21(13-25-23)27-24(31)17(2)3/h9-10,12-13,17,19,22H,5-8,11,14-16H2,1-4H3,(H,27,31)/t19-,22+/m1/s1. The Labute approximate surface area is 185 Å². The Morgan fingerprint density at radius 3 is 2.74 bits per heavy atom. The average molecular weight is 425 g/mol. The van der Waals surface area contributed by atoms with E-state index in [2.05, 4.69) is 44.8 Å². The zero-order valence-corrected chi connectivity index (χ0v) is 19.3. The van der Waals surface area contributed by atoms with Crippen molar-refractivity contribution >= 4 is 17.4 Å². The van der Waals surface area contributed by atoms with Crippen molar-refractivity contribution in [3.63, 3.8) is 0 Å². The lowest BCUT2D eigenvalue weighted by Crippen LogP contribution is -2.41. The largest absolute Gasteiger partial charge is 0.352 e. The molecule has 0 bridgehead atoms. The number of fused-ring (bicyclic) bond motifs is 1. The Balaban J connectivity index is 1.46. The maximum Gasteiger partial charge on any atom is 0.226 e. The summed E-state index contributed by atoms with van der Waals surface area (Å²) in [7, 11) is 0. The van der Waals surface area contributed by atoms with Crippen LogP contribution >= 0.6 is 0 Å². The predicted molar refractivity (Wildman–Crippen MR) is 124 cm³/mol. The van der Waals surface area contributed by atoms with E-state index in [1.165, 1.54) is 30.5 Å². The minimum Gasteiger partial charge on any atom is -0.352 e. The minimum absolute atomic E-state index is 0.0255. The molecule has 1 amide bonds. The Kier molecular flexibility index (Phi) is 6.60. The van der Waals surface area contributed by atoms with Crippen molar-refractivity contribution < 1.29 is 4.79 Å². The van der Waals surface area contributed by atoms with Gasteiger partial charge >= 0.3 is 0 Å². The molecule has 2 aromatic rings. The molecule has 0 radical (unpaired) electrons. The third kappa shape index (κ3) is 4.76. The van der Waals surface area contributed by atoms with Crippen molar-refractivity contribution in [1.29, 1.82) is 0 Å². The molecule has 0 aromatic carbocycles. The van der Waals surface area contributed by atoms with Gasteiger partial charge in [0.25, 0.3) is 0 Å². The van der Waals surface area contributed by atoms with E-state index in [9.17, 15) is 4.79 Å². The molecule has 7 nitrogen and oxygen atoms in total. The molecule has 2 aliphatic heterocycles. The number of anilines is 2. The Morgan fingerprint density at radius 1 is 1.23 bits per heavy atom. The fraction of sp³-hybridized carbons (Fsp3) is 0.625. The average Bonchev–Trinajstić information content (AvgIpc) is 3.25. The van der Waals surface area contributed by atoms with Crippen molar-refractivity contribution in [2.24, 2.45) is 11.8 Å². The molecule has 0 aliphatic carbocycles. The van der Waals surface area contributed by atoms with Crippen LogP contribution in [-0.2, 0) is 17.9 Å². The topological polar surface area (TPSA) is 66.3 Å². The molecule has 2 fully saturated rings. The van der Waals surface area contributed by atoms with Crippen LogP contribution in [0.4, 0.5) is 11.5 Å². The first kappa shape index (κ1) is 21.8. The number of nitrogens with one attached hydrogen (secondary N) is 1. The van der Waals surface area contributed by atoms with Crippen LogP contribution in [0.3, 0.4) is 0 Å². The molecule has 2 atom stereocenters. The van der Waals surface area contributed by atoms with Crippen molar-refractivity contribution in [1.82, 2.24) is 19.7 Å². The Morgan fingerprint density at radius 2 is 2.06 bits per heavy atom. The highest BCUT2D eigenvalue weighted by atomic mass is 16.1. The first-order valence-electron chi connectivity index (χ1n) is 11.7. The normalized spacial score (nSPS) is 21.9. The molecule has 4 heterocycles. The van der Waals surface area contributed by atoms with Gasteiger partial charge in [-0.15, -0.1) is 0 Å². The maximum atomic E-state index is 12.0. The first-order chi connectivity index (χ1) is 15.0. The van der Waals surface area contributed by atoms with E-state index in [1.807, 2.05) is 26.1 Å². The molecule has 31 heavy (non-hydrogen) atoms. The maximum absolute atomic E-state index is 12.0. The number of carbonyl (C=O) groups is 1. The van der Waals surface area contributed by atoms with Gasteiger partial charge in [-0.25, -0.2) is 4.98 Å². The van der Waals surface area contributed by atoms with E-state index in [4.69, 9.17) is 4.98 Å². The van der Waals surface area contributed by atoms with Gasteiger partial charge in [0.15, 0.2) is 0 Å². The van der Waals surface area contributed by atoms with Gasteiger partial charge in [0.1, 0.15) is 5.82 Å². The molecule has 1 N–H and O–H groups in total. The number of hydrogen-bond acceptors (Lipinski definition) is 5.